The zero-order chi connectivity index (χ0) is 20.6. The van der Waals surface area contributed by atoms with Gasteiger partial charge in [0.25, 0.3) is 0 Å². The van der Waals surface area contributed by atoms with E-state index in [0.717, 1.165) is 20.8 Å². The monoisotopic (exact) mass is 388 g/mol. The van der Waals surface area contributed by atoms with Crippen molar-refractivity contribution in [2.45, 2.75) is 51.4 Å². The lowest BCUT2D eigenvalue weighted by atomic mass is 9.96. The third-order valence-electron chi connectivity index (χ3n) is 3.33. The van der Waals surface area contributed by atoms with Crippen LogP contribution >= 0.6 is 0 Å². The highest BCUT2D eigenvalue weighted by molar-refractivity contribution is 5.78. The van der Waals surface area contributed by atoms with E-state index in [1.165, 1.54) is 0 Å². The Morgan fingerprint density at radius 3 is 2.22 bits per heavy atom. The van der Waals surface area contributed by atoms with Crippen LogP contribution in [0.3, 0.4) is 0 Å². The van der Waals surface area contributed by atoms with E-state index in [0.29, 0.717) is 0 Å². The Kier molecular flexibility index (Phi) is 8.45. The predicted molar refractivity (Wildman–Crippen MR) is 84.6 cm³/mol. The first kappa shape index (κ1) is 22.2. The number of carbonyl (C=O) groups excluding carboxylic acids is 4. The quantitative estimate of drug-likeness (QED) is 0.180. The second-order valence-corrected chi connectivity index (χ2v) is 5.50. The standard InChI is InChI=1S/C14H20N4O9/c1-6(19)24-5-9-12(25-7(2)20)13(26-8(3)21)11(14(23)27-9)17-10(22)4-16-18-15/h9,11-14,23H,4-5H2,1-3H3,(H,17,22)/t9-,11+,12-,13-,14?/m1/s1. The number of aliphatic hydroxyl groups excluding tert-OH is 1. The number of azide groups is 1. The topological polar surface area (TPSA) is 186 Å². The van der Waals surface area contributed by atoms with Crippen molar-refractivity contribution in [1.29, 1.82) is 0 Å². The molecule has 0 spiro atoms. The molecular weight excluding hydrogens is 368 g/mol. The molecule has 13 nitrogen and oxygen atoms in total. The van der Waals surface area contributed by atoms with Crippen molar-refractivity contribution >= 4 is 23.8 Å². The third-order valence-corrected chi connectivity index (χ3v) is 3.33. The fourth-order valence-corrected chi connectivity index (χ4v) is 2.40. The minimum atomic E-state index is -1.70. The number of ether oxygens (including phenoxy) is 4. The summed E-state index contributed by atoms with van der Waals surface area (Å²) < 4.78 is 20.3. The molecule has 5 atom stereocenters. The molecule has 0 saturated carbocycles. The smallest absolute Gasteiger partial charge is 0.303 e. The maximum absolute atomic E-state index is 11.8. The second-order valence-electron chi connectivity index (χ2n) is 5.50. The van der Waals surface area contributed by atoms with Crippen LogP contribution in [-0.4, -0.2) is 72.7 Å². The molecule has 1 rings (SSSR count). The minimum absolute atomic E-state index is 0.401. The number of hydrogen-bond donors (Lipinski definition) is 2. The largest absolute Gasteiger partial charge is 0.463 e. The van der Waals surface area contributed by atoms with E-state index >= 15 is 0 Å². The molecule has 0 aromatic heterocycles. The number of hydrogen-bond acceptors (Lipinski definition) is 10. The third kappa shape index (κ3) is 7.09. The molecule has 0 bridgehead atoms. The molecule has 1 amide bonds. The van der Waals surface area contributed by atoms with Gasteiger partial charge in [-0.05, 0) is 5.53 Å². The molecule has 0 aromatic rings. The number of esters is 3. The lowest BCUT2D eigenvalue weighted by molar-refractivity contribution is -0.264. The lowest BCUT2D eigenvalue weighted by Crippen LogP contribution is -2.66. The summed E-state index contributed by atoms with van der Waals surface area (Å²) in [6.45, 7) is 2.33. The van der Waals surface area contributed by atoms with Gasteiger partial charge in [-0.25, -0.2) is 0 Å². The Morgan fingerprint density at radius 1 is 1.11 bits per heavy atom. The molecule has 13 heteroatoms. The average molecular weight is 388 g/mol. The Labute approximate surface area is 153 Å². The van der Waals surface area contributed by atoms with Crippen molar-refractivity contribution in [2.24, 2.45) is 5.11 Å². The molecule has 0 aromatic carbocycles. The summed E-state index contributed by atoms with van der Waals surface area (Å²) in [6.07, 6.45) is -5.51. The number of rotatable bonds is 7. The van der Waals surface area contributed by atoms with Crippen LogP contribution in [0.25, 0.3) is 10.4 Å². The number of nitrogens with zero attached hydrogens (tertiary/aromatic N) is 3. The molecule has 0 aliphatic carbocycles. The van der Waals surface area contributed by atoms with Crippen LogP contribution in [0.4, 0.5) is 0 Å². The number of amides is 1. The van der Waals surface area contributed by atoms with Crippen molar-refractivity contribution in [2.75, 3.05) is 13.2 Å². The number of carbonyl (C=O) groups is 4. The van der Waals surface area contributed by atoms with Crippen LogP contribution in [0.1, 0.15) is 20.8 Å². The van der Waals surface area contributed by atoms with Crippen molar-refractivity contribution in [3.8, 4) is 0 Å². The number of aliphatic hydroxyl groups is 1. The van der Waals surface area contributed by atoms with E-state index in [9.17, 15) is 24.3 Å². The Morgan fingerprint density at radius 2 is 1.70 bits per heavy atom. The van der Waals surface area contributed by atoms with E-state index in [2.05, 4.69) is 15.3 Å². The van der Waals surface area contributed by atoms with Gasteiger partial charge in [0.05, 0.1) is 0 Å². The Balaban J connectivity index is 3.12. The van der Waals surface area contributed by atoms with E-state index < -0.39 is 67.6 Å². The van der Waals surface area contributed by atoms with Crippen LogP contribution in [0.2, 0.25) is 0 Å². The van der Waals surface area contributed by atoms with Gasteiger partial charge in [0.15, 0.2) is 18.5 Å². The molecule has 1 unspecified atom stereocenters. The Bertz CT molecular complexity index is 634. The number of nitrogens with one attached hydrogen (secondary N) is 1. The highest BCUT2D eigenvalue weighted by Crippen LogP contribution is 2.26. The predicted octanol–water partition coefficient (Wildman–Crippen LogP) is -1.07. The summed E-state index contributed by atoms with van der Waals surface area (Å²) >= 11 is 0. The summed E-state index contributed by atoms with van der Waals surface area (Å²) in [5.41, 5.74) is 8.26. The minimum Gasteiger partial charge on any atom is -0.463 e. The van der Waals surface area contributed by atoms with Gasteiger partial charge in [0.2, 0.25) is 5.91 Å². The molecular formula is C14H20N4O9. The summed E-state index contributed by atoms with van der Waals surface area (Å²) in [5, 5.41) is 15.6. The molecule has 0 radical (unpaired) electrons. The summed E-state index contributed by atoms with van der Waals surface area (Å²) in [7, 11) is 0. The SMILES string of the molecule is CC(=O)OC[C@H]1OC(O)[C@@H](NC(=O)CN=[N+]=[N-])[C@@H](OC(C)=O)[C@@H]1OC(C)=O. The van der Waals surface area contributed by atoms with Gasteiger partial charge in [0.1, 0.15) is 25.3 Å². The first-order valence-electron chi connectivity index (χ1n) is 7.77. The zero-order valence-electron chi connectivity index (χ0n) is 14.9. The molecule has 150 valence electrons. The molecule has 27 heavy (non-hydrogen) atoms. The van der Waals surface area contributed by atoms with E-state index in [-0.39, 0.29) is 0 Å². The molecule has 2 N–H and O–H groups in total. The highest BCUT2D eigenvalue weighted by atomic mass is 16.7. The molecule has 1 fully saturated rings. The van der Waals surface area contributed by atoms with Crippen molar-refractivity contribution in [1.82, 2.24) is 5.32 Å². The summed E-state index contributed by atoms with van der Waals surface area (Å²) in [6, 6.07) is -1.34. The first-order chi connectivity index (χ1) is 12.6. The molecule has 1 heterocycles. The van der Waals surface area contributed by atoms with Gasteiger partial charge in [-0.2, -0.15) is 0 Å². The van der Waals surface area contributed by atoms with Crippen LogP contribution in [0.15, 0.2) is 5.11 Å². The second kappa shape index (κ2) is 10.3. The Hall–Kier alpha value is -2.89. The van der Waals surface area contributed by atoms with Crippen LogP contribution in [0.5, 0.6) is 0 Å². The average Bonchev–Trinajstić information content (AvgIpc) is 2.56. The van der Waals surface area contributed by atoms with Crippen LogP contribution in [0, 0.1) is 0 Å². The van der Waals surface area contributed by atoms with E-state index in [1.807, 2.05) is 0 Å². The van der Waals surface area contributed by atoms with Gasteiger partial charge < -0.3 is 29.4 Å². The molecule has 1 saturated heterocycles. The van der Waals surface area contributed by atoms with Gasteiger partial charge in [-0.15, -0.1) is 0 Å². The normalized spacial score (nSPS) is 26.9. The first-order valence-corrected chi connectivity index (χ1v) is 7.77. The zero-order valence-corrected chi connectivity index (χ0v) is 14.9. The van der Waals surface area contributed by atoms with Gasteiger partial charge in [-0.3, -0.25) is 19.2 Å². The van der Waals surface area contributed by atoms with E-state index in [4.69, 9.17) is 24.5 Å². The lowest BCUT2D eigenvalue weighted by Gasteiger charge is -2.43. The van der Waals surface area contributed by atoms with Gasteiger partial charge >= 0.3 is 17.9 Å². The fourth-order valence-electron chi connectivity index (χ4n) is 2.40. The molecule has 1 aliphatic heterocycles. The van der Waals surface area contributed by atoms with Crippen molar-refractivity contribution in [3.05, 3.63) is 10.4 Å². The molecule has 1 aliphatic rings. The fraction of sp³-hybridized carbons (Fsp3) is 0.714. The highest BCUT2D eigenvalue weighted by Gasteiger charge is 2.50. The van der Waals surface area contributed by atoms with Crippen LogP contribution < -0.4 is 5.32 Å². The van der Waals surface area contributed by atoms with Gasteiger partial charge in [-0.1, -0.05) is 5.11 Å². The van der Waals surface area contributed by atoms with Crippen LogP contribution in [-0.2, 0) is 38.1 Å². The van der Waals surface area contributed by atoms with Crippen molar-refractivity contribution in [3.63, 3.8) is 0 Å². The maximum Gasteiger partial charge on any atom is 0.303 e. The summed E-state index contributed by atoms with van der Waals surface area (Å²) in [5.74, 6) is -2.99. The maximum atomic E-state index is 11.8. The van der Waals surface area contributed by atoms with Gasteiger partial charge in [0, 0.05) is 25.7 Å². The van der Waals surface area contributed by atoms with Crippen molar-refractivity contribution < 1.29 is 43.2 Å². The van der Waals surface area contributed by atoms with E-state index in [1.54, 1.807) is 0 Å². The summed E-state index contributed by atoms with van der Waals surface area (Å²) in [4.78, 5) is 48.2.